The Morgan fingerprint density at radius 3 is 2.71 bits per heavy atom. The molecular weight excluding hydrogens is 347 g/mol. The van der Waals surface area contributed by atoms with Crippen molar-refractivity contribution in [2.75, 3.05) is 21.3 Å². The molecule has 0 fully saturated rings. The number of phenols is 1. The van der Waals surface area contributed by atoms with Crippen LogP contribution in [0.4, 0.5) is 0 Å². The van der Waals surface area contributed by atoms with Gasteiger partial charge in [0.05, 0.1) is 6.04 Å². The molecule has 1 N–H and O–H groups in total. The molecule has 0 radical (unpaired) electrons. The molecule has 1 aliphatic heterocycles. The first-order valence-electron chi connectivity index (χ1n) is 7.36. The van der Waals surface area contributed by atoms with Crippen molar-refractivity contribution in [2.24, 2.45) is 4.76 Å². The lowest BCUT2D eigenvalue weighted by Crippen LogP contribution is -2.37. The molecule has 8 heteroatoms. The van der Waals surface area contributed by atoms with Crippen molar-refractivity contribution in [3.63, 3.8) is 0 Å². The van der Waals surface area contributed by atoms with Gasteiger partial charge in [0, 0.05) is 32.6 Å². The predicted octanol–water partition coefficient (Wildman–Crippen LogP) is 3.83. The summed E-state index contributed by atoms with van der Waals surface area (Å²) in [5.74, 6) is 0.849. The van der Waals surface area contributed by atoms with Gasteiger partial charge in [0.1, 0.15) is 11.6 Å². The lowest BCUT2D eigenvalue weighted by atomic mass is 9.91. The van der Waals surface area contributed by atoms with E-state index in [9.17, 15) is 9.67 Å². The number of hydrogen-bond acceptors (Lipinski definition) is 5. The fourth-order valence-corrected chi connectivity index (χ4v) is 4.54. The molecule has 128 valence electrons. The molecule has 2 heterocycles. The molecule has 3 rings (SSSR count). The summed E-state index contributed by atoms with van der Waals surface area (Å²) in [5, 5.41) is 11.9. The monoisotopic (exact) mass is 366 g/mol. The Bertz CT molecular complexity index is 798. The number of nitrogens with zero attached hydrogens (tertiary/aromatic N) is 2. The second kappa shape index (κ2) is 6.69. The van der Waals surface area contributed by atoms with Crippen LogP contribution >= 0.6 is 19.1 Å². The molecule has 0 spiro atoms. The van der Waals surface area contributed by atoms with Crippen molar-refractivity contribution in [3.8, 4) is 5.75 Å². The molecule has 24 heavy (non-hydrogen) atoms. The summed E-state index contributed by atoms with van der Waals surface area (Å²) in [6.07, 6.45) is 0.491. The summed E-state index contributed by atoms with van der Waals surface area (Å²) in [4.78, 5) is 3.07. The van der Waals surface area contributed by atoms with Crippen LogP contribution in [0.1, 0.15) is 22.0 Å². The van der Waals surface area contributed by atoms with Crippen LogP contribution in [0.25, 0.3) is 0 Å². The van der Waals surface area contributed by atoms with Gasteiger partial charge in [-0.1, -0.05) is 12.1 Å². The summed E-state index contributed by atoms with van der Waals surface area (Å²) in [5.41, 5.74) is 2.05. The summed E-state index contributed by atoms with van der Waals surface area (Å²) < 4.78 is 26.6. The Morgan fingerprint density at radius 2 is 2.08 bits per heavy atom. The van der Waals surface area contributed by atoms with Crippen LogP contribution in [-0.4, -0.2) is 37.1 Å². The van der Waals surface area contributed by atoms with Crippen LogP contribution in [0.2, 0.25) is 0 Å². The minimum Gasteiger partial charge on any atom is -0.508 e. The van der Waals surface area contributed by atoms with E-state index in [4.69, 9.17) is 9.05 Å². The van der Waals surface area contributed by atoms with E-state index in [2.05, 4.69) is 4.76 Å². The largest absolute Gasteiger partial charge is 0.508 e. The van der Waals surface area contributed by atoms with E-state index >= 15 is 0 Å². The molecular formula is C16H19N2O4PS. The molecule has 2 aromatic rings. The SMILES string of the molecule is COP(=O)(/N=C1/Cc2ccc(O)cc2C(c2cccs2)N1C)OC. The van der Waals surface area contributed by atoms with E-state index in [1.807, 2.05) is 35.5 Å². The maximum Gasteiger partial charge on any atom is 0.454 e. The van der Waals surface area contributed by atoms with Crippen LogP contribution in [-0.2, 0) is 20.0 Å². The van der Waals surface area contributed by atoms with E-state index in [-0.39, 0.29) is 11.8 Å². The molecule has 1 aromatic heterocycles. The van der Waals surface area contributed by atoms with Gasteiger partial charge in [0.25, 0.3) is 0 Å². The molecule has 6 nitrogen and oxygen atoms in total. The number of amidine groups is 1. The average molecular weight is 366 g/mol. The van der Waals surface area contributed by atoms with Crippen molar-refractivity contribution in [3.05, 3.63) is 51.7 Å². The van der Waals surface area contributed by atoms with Gasteiger partial charge >= 0.3 is 7.75 Å². The molecule has 0 aliphatic carbocycles. The summed E-state index contributed by atoms with van der Waals surface area (Å²) in [7, 11) is 1.02. The maximum atomic E-state index is 12.4. The van der Waals surface area contributed by atoms with Gasteiger partial charge in [-0.3, -0.25) is 9.05 Å². The number of rotatable bonds is 4. The zero-order valence-corrected chi connectivity index (χ0v) is 15.4. The summed E-state index contributed by atoms with van der Waals surface area (Å²) in [6, 6.07) is 9.21. The van der Waals surface area contributed by atoms with Gasteiger partial charge in [-0.25, -0.2) is 4.57 Å². The van der Waals surface area contributed by atoms with Crippen LogP contribution in [0, 0.1) is 0 Å². The highest BCUT2D eigenvalue weighted by Gasteiger charge is 2.33. The predicted molar refractivity (Wildman–Crippen MR) is 94.8 cm³/mol. The number of aromatic hydroxyl groups is 1. The number of benzene rings is 1. The number of phenolic OH excluding ortho intramolecular Hbond substituents is 1. The van der Waals surface area contributed by atoms with Gasteiger partial charge in [0.15, 0.2) is 0 Å². The first kappa shape index (κ1) is 17.2. The second-order valence-electron chi connectivity index (χ2n) is 5.44. The van der Waals surface area contributed by atoms with Crippen molar-refractivity contribution < 1.29 is 18.7 Å². The highest BCUT2D eigenvalue weighted by atomic mass is 32.1. The van der Waals surface area contributed by atoms with Gasteiger partial charge in [-0.15, -0.1) is 11.3 Å². The third-order valence-corrected chi connectivity index (χ3v) is 6.40. The fourth-order valence-electron chi connectivity index (χ4n) is 2.84. The van der Waals surface area contributed by atoms with Crippen molar-refractivity contribution in [1.29, 1.82) is 0 Å². The zero-order chi connectivity index (χ0) is 17.3. The van der Waals surface area contributed by atoms with E-state index in [1.54, 1.807) is 23.5 Å². The van der Waals surface area contributed by atoms with Crippen molar-refractivity contribution in [1.82, 2.24) is 4.90 Å². The van der Waals surface area contributed by atoms with Crippen LogP contribution in [0.15, 0.2) is 40.5 Å². The van der Waals surface area contributed by atoms with Crippen LogP contribution in [0.5, 0.6) is 5.75 Å². The number of fused-ring (bicyclic) bond motifs is 1. The summed E-state index contributed by atoms with van der Waals surface area (Å²) >= 11 is 1.62. The first-order valence-corrected chi connectivity index (χ1v) is 9.73. The van der Waals surface area contributed by atoms with Gasteiger partial charge in [0.2, 0.25) is 0 Å². The van der Waals surface area contributed by atoms with Crippen molar-refractivity contribution >= 4 is 24.9 Å². The van der Waals surface area contributed by atoms with Crippen LogP contribution in [0.3, 0.4) is 0 Å². The van der Waals surface area contributed by atoms with E-state index in [0.717, 1.165) is 16.0 Å². The Morgan fingerprint density at radius 1 is 1.33 bits per heavy atom. The standard InChI is InChI=1S/C16H19N2O4PS/c1-18-15(17-23(20,21-2)22-3)9-11-6-7-12(19)10-13(11)16(18)14-5-4-8-24-14/h4-8,10,16,19H,9H2,1-3H3/b17-15-. The Hall–Kier alpha value is -1.66. The first-order chi connectivity index (χ1) is 11.5. The van der Waals surface area contributed by atoms with E-state index in [1.165, 1.54) is 14.2 Å². The van der Waals surface area contributed by atoms with Gasteiger partial charge < -0.3 is 10.0 Å². The Balaban J connectivity index is 2.13. The highest BCUT2D eigenvalue weighted by Crippen LogP contribution is 2.49. The molecule has 1 aliphatic rings. The van der Waals surface area contributed by atoms with E-state index < -0.39 is 7.75 Å². The number of likely N-dealkylation sites (N-methyl/N-ethyl adjacent to an activating group) is 1. The third-order valence-electron chi connectivity index (χ3n) is 4.08. The number of thiophene rings is 1. The molecule has 1 aromatic carbocycles. The molecule has 1 unspecified atom stereocenters. The maximum absolute atomic E-state index is 12.4. The lowest BCUT2D eigenvalue weighted by Gasteiger charge is -2.37. The van der Waals surface area contributed by atoms with E-state index in [0.29, 0.717) is 12.3 Å². The highest BCUT2D eigenvalue weighted by molar-refractivity contribution is 7.52. The quantitative estimate of drug-likeness (QED) is 0.833. The minimum absolute atomic E-state index is 0.109. The molecule has 0 bridgehead atoms. The smallest absolute Gasteiger partial charge is 0.454 e. The molecule has 0 amide bonds. The minimum atomic E-state index is -3.51. The van der Waals surface area contributed by atoms with Gasteiger partial charge in [-0.05, 0) is 34.7 Å². The molecule has 0 saturated heterocycles. The normalized spacial score (nSPS) is 19.5. The fraction of sp³-hybridized carbons (Fsp3) is 0.312. The number of hydrogen-bond donors (Lipinski definition) is 1. The van der Waals surface area contributed by atoms with Gasteiger partial charge in [-0.2, -0.15) is 4.76 Å². The zero-order valence-electron chi connectivity index (χ0n) is 13.7. The Kier molecular flexibility index (Phi) is 4.78. The van der Waals surface area contributed by atoms with Crippen LogP contribution < -0.4 is 0 Å². The lowest BCUT2D eigenvalue weighted by molar-refractivity contribution is 0.276. The molecule has 1 atom stereocenters. The topological polar surface area (TPSA) is 71.4 Å². The molecule has 0 saturated carbocycles. The average Bonchev–Trinajstić information content (AvgIpc) is 3.10. The Labute approximate surface area is 145 Å². The summed E-state index contributed by atoms with van der Waals surface area (Å²) in [6.45, 7) is 0. The second-order valence-corrected chi connectivity index (χ2v) is 8.29. The van der Waals surface area contributed by atoms with Crippen molar-refractivity contribution in [2.45, 2.75) is 12.5 Å². The third kappa shape index (κ3) is 3.13.